The Bertz CT molecular complexity index is 460. The third-order valence-electron chi connectivity index (χ3n) is 5.89. The van der Waals surface area contributed by atoms with E-state index in [1.165, 1.54) is 38.5 Å². The summed E-state index contributed by atoms with van der Waals surface area (Å²) in [6, 6.07) is 0. The van der Waals surface area contributed by atoms with Crippen molar-refractivity contribution in [3.05, 3.63) is 0 Å². The second-order valence-corrected chi connectivity index (χ2v) is 7.76. The molecular weight excluding hydrogens is 429 g/mol. The van der Waals surface area contributed by atoms with Gasteiger partial charge in [0.15, 0.2) is 5.96 Å². The molecule has 3 aliphatic rings. The van der Waals surface area contributed by atoms with Crippen LogP contribution in [0.15, 0.2) is 4.99 Å². The van der Waals surface area contributed by atoms with Crippen molar-refractivity contribution in [3.8, 4) is 0 Å². The van der Waals surface area contributed by atoms with Gasteiger partial charge in [0.05, 0.1) is 0 Å². The van der Waals surface area contributed by atoms with E-state index in [1.807, 2.05) is 0 Å². The number of carbonyl (C=O) groups excluding carboxylic acids is 1. The first-order valence-electron chi connectivity index (χ1n) is 9.93. The smallest absolute Gasteiger partial charge is 0.306 e. The van der Waals surface area contributed by atoms with Gasteiger partial charge in [-0.15, -0.1) is 24.0 Å². The summed E-state index contributed by atoms with van der Waals surface area (Å²) in [5.41, 5.74) is 0.585. The Kier molecular flexibility index (Phi) is 8.29. The largest absolute Gasteiger partial charge is 0.462 e. The minimum absolute atomic E-state index is 0. The summed E-state index contributed by atoms with van der Waals surface area (Å²) >= 11 is 0. The van der Waals surface area contributed by atoms with Crippen molar-refractivity contribution in [1.29, 1.82) is 0 Å². The molecule has 5 nitrogen and oxygen atoms in total. The van der Waals surface area contributed by atoms with E-state index in [-0.39, 0.29) is 36.0 Å². The second kappa shape index (κ2) is 9.97. The van der Waals surface area contributed by atoms with Crippen LogP contribution in [0.5, 0.6) is 0 Å². The highest BCUT2D eigenvalue weighted by Crippen LogP contribution is 2.47. The molecule has 0 bridgehead atoms. The monoisotopic (exact) mass is 463 g/mol. The van der Waals surface area contributed by atoms with Crippen molar-refractivity contribution >= 4 is 35.9 Å². The molecule has 0 unspecified atom stereocenters. The number of aliphatic imine (C=N–C) groups is 1. The zero-order chi connectivity index (χ0) is 16.8. The molecule has 2 saturated carbocycles. The van der Waals surface area contributed by atoms with Gasteiger partial charge in [0, 0.05) is 32.6 Å². The molecule has 1 spiro atoms. The van der Waals surface area contributed by atoms with Crippen molar-refractivity contribution < 1.29 is 9.53 Å². The number of esters is 1. The molecule has 0 aromatic carbocycles. The number of nitrogens with zero attached hydrogens (tertiary/aromatic N) is 2. The molecule has 3 rings (SSSR count). The number of hydrogen-bond acceptors (Lipinski definition) is 3. The van der Waals surface area contributed by atoms with Gasteiger partial charge >= 0.3 is 5.97 Å². The van der Waals surface area contributed by atoms with Crippen LogP contribution < -0.4 is 5.32 Å². The van der Waals surface area contributed by atoms with Gasteiger partial charge in [0.1, 0.15) is 6.10 Å². The molecule has 1 saturated heterocycles. The molecule has 0 aromatic heterocycles. The highest BCUT2D eigenvalue weighted by Gasteiger charge is 2.43. The fourth-order valence-electron chi connectivity index (χ4n) is 4.29. The fraction of sp³-hybridized carbons (Fsp3) is 0.895. The average molecular weight is 463 g/mol. The lowest BCUT2D eigenvalue weighted by molar-refractivity contribution is -0.148. The van der Waals surface area contributed by atoms with E-state index in [0.29, 0.717) is 18.4 Å². The molecule has 0 aromatic rings. The normalized spacial score (nSPS) is 22.6. The summed E-state index contributed by atoms with van der Waals surface area (Å²) in [6.45, 7) is 5.99. The van der Waals surface area contributed by atoms with Crippen LogP contribution in [0, 0.1) is 5.41 Å². The van der Waals surface area contributed by atoms with Crippen LogP contribution in [0.2, 0.25) is 0 Å². The van der Waals surface area contributed by atoms with Gasteiger partial charge < -0.3 is 15.0 Å². The summed E-state index contributed by atoms with van der Waals surface area (Å²) in [6.07, 6.45) is 11.4. The SMILES string of the molecule is CCNC(=NCCCC(=O)OC1CCCC1)N1CCC2(CCC2)C1.I. The lowest BCUT2D eigenvalue weighted by atomic mass is 9.68. The molecule has 0 atom stereocenters. The quantitative estimate of drug-likeness (QED) is 0.215. The van der Waals surface area contributed by atoms with Crippen LogP contribution in [0.3, 0.4) is 0 Å². The van der Waals surface area contributed by atoms with Gasteiger partial charge in [0.2, 0.25) is 0 Å². The molecule has 3 fully saturated rings. The van der Waals surface area contributed by atoms with Crippen molar-refractivity contribution in [2.45, 2.75) is 77.2 Å². The van der Waals surface area contributed by atoms with Crippen LogP contribution in [-0.4, -0.2) is 49.1 Å². The maximum Gasteiger partial charge on any atom is 0.306 e. The molecule has 0 amide bonds. The fourth-order valence-corrected chi connectivity index (χ4v) is 4.29. The third-order valence-corrected chi connectivity index (χ3v) is 5.89. The molecular formula is C19H34IN3O2. The molecule has 6 heteroatoms. The Morgan fingerprint density at radius 2 is 2.00 bits per heavy atom. The van der Waals surface area contributed by atoms with Crippen molar-refractivity contribution in [1.82, 2.24) is 10.2 Å². The van der Waals surface area contributed by atoms with E-state index in [9.17, 15) is 4.79 Å². The number of guanidine groups is 1. The van der Waals surface area contributed by atoms with Crippen molar-refractivity contribution in [2.75, 3.05) is 26.2 Å². The van der Waals surface area contributed by atoms with Crippen LogP contribution in [0.4, 0.5) is 0 Å². The summed E-state index contributed by atoms with van der Waals surface area (Å²) in [7, 11) is 0. The van der Waals surface area contributed by atoms with Gasteiger partial charge in [-0.05, 0) is 63.7 Å². The first-order chi connectivity index (χ1) is 11.7. The number of halogens is 1. The van der Waals surface area contributed by atoms with Gasteiger partial charge in [-0.3, -0.25) is 9.79 Å². The number of hydrogen-bond donors (Lipinski definition) is 1. The average Bonchev–Trinajstić information content (AvgIpc) is 3.19. The van der Waals surface area contributed by atoms with Crippen molar-refractivity contribution in [3.63, 3.8) is 0 Å². The molecule has 0 radical (unpaired) electrons. The third kappa shape index (κ3) is 5.73. The van der Waals surface area contributed by atoms with Crippen molar-refractivity contribution in [2.24, 2.45) is 10.4 Å². The Hall–Kier alpha value is -0.530. The van der Waals surface area contributed by atoms with E-state index in [1.54, 1.807) is 0 Å². The van der Waals surface area contributed by atoms with E-state index in [2.05, 4.69) is 17.1 Å². The highest BCUT2D eigenvalue weighted by molar-refractivity contribution is 14.0. The summed E-state index contributed by atoms with van der Waals surface area (Å²) < 4.78 is 5.50. The van der Waals surface area contributed by atoms with Gasteiger partial charge in [-0.1, -0.05) is 6.42 Å². The van der Waals surface area contributed by atoms with E-state index in [4.69, 9.17) is 9.73 Å². The zero-order valence-corrected chi connectivity index (χ0v) is 17.9. The van der Waals surface area contributed by atoms with Crippen LogP contribution in [0.1, 0.15) is 71.1 Å². The highest BCUT2D eigenvalue weighted by atomic mass is 127. The number of ether oxygens (including phenoxy) is 1. The van der Waals surface area contributed by atoms with E-state index in [0.717, 1.165) is 44.9 Å². The minimum atomic E-state index is -0.0447. The zero-order valence-electron chi connectivity index (χ0n) is 15.6. The predicted molar refractivity (Wildman–Crippen MR) is 111 cm³/mol. The molecule has 1 aliphatic heterocycles. The van der Waals surface area contributed by atoms with Crippen LogP contribution >= 0.6 is 24.0 Å². The second-order valence-electron chi connectivity index (χ2n) is 7.76. The van der Waals surface area contributed by atoms with Crippen LogP contribution in [0.25, 0.3) is 0 Å². The lowest BCUT2D eigenvalue weighted by Gasteiger charge is -2.38. The van der Waals surface area contributed by atoms with Crippen LogP contribution in [-0.2, 0) is 9.53 Å². The summed E-state index contributed by atoms with van der Waals surface area (Å²) in [5.74, 6) is 0.988. The minimum Gasteiger partial charge on any atom is -0.462 e. The molecule has 1 heterocycles. The maximum absolute atomic E-state index is 11.9. The lowest BCUT2D eigenvalue weighted by Crippen LogP contribution is -2.42. The number of likely N-dealkylation sites (tertiary alicyclic amines) is 1. The van der Waals surface area contributed by atoms with Gasteiger partial charge in [-0.25, -0.2) is 0 Å². The first-order valence-corrected chi connectivity index (χ1v) is 9.93. The maximum atomic E-state index is 11.9. The Morgan fingerprint density at radius 3 is 2.60 bits per heavy atom. The molecule has 1 N–H and O–H groups in total. The topological polar surface area (TPSA) is 53.9 Å². The number of nitrogens with one attached hydrogen (secondary N) is 1. The van der Waals surface area contributed by atoms with E-state index >= 15 is 0 Å². The molecule has 144 valence electrons. The van der Waals surface area contributed by atoms with Gasteiger partial charge in [-0.2, -0.15) is 0 Å². The Balaban J connectivity index is 0.00000225. The first kappa shape index (κ1) is 20.8. The molecule has 25 heavy (non-hydrogen) atoms. The Labute approximate surface area is 169 Å². The summed E-state index contributed by atoms with van der Waals surface area (Å²) in [4.78, 5) is 19.0. The number of rotatable bonds is 6. The Morgan fingerprint density at radius 1 is 1.24 bits per heavy atom. The summed E-state index contributed by atoms with van der Waals surface area (Å²) in [5, 5.41) is 3.42. The van der Waals surface area contributed by atoms with Gasteiger partial charge in [0.25, 0.3) is 0 Å². The standard InChI is InChI=1S/C19H33N3O2.HI/c1-2-20-18(22-14-12-19(15-22)10-6-11-19)21-13-5-9-17(23)24-16-7-3-4-8-16;/h16H,2-15H2,1H3,(H,20,21);1H. The number of carbonyl (C=O) groups is 1. The predicted octanol–water partition coefficient (Wildman–Crippen LogP) is 3.71. The molecule has 2 aliphatic carbocycles. The van der Waals surface area contributed by atoms with E-state index < -0.39 is 0 Å².